The Morgan fingerprint density at radius 2 is 1.82 bits per heavy atom. The van der Waals surface area contributed by atoms with Gasteiger partial charge in [-0.1, -0.05) is 0 Å². The number of hydrogen-bond donors (Lipinski definition) is 0. The topological polar surface area (TPSA) is 30.0 Å². The molecule has 0 aliphatic rings. The zero-order chi connectivity index (χ0) is 8.43. The molecule has 0 fully saturated rings. The van der Waals surface area contributed by atoms with E-state index in [1.807, 2.05) is 13.8 Å². The molecule has 1 unspecified atom stereocenters. The summed E-state index contributed by atoms with van der Waals surface area (Å²) in [5.74, 6) is 0. The molecule has 0 saturated carbocycles. The van der Waals surface area contributed by atoms with Gasteiger partial charge in [-0.2, -0.15) is 0 Å². The van der Waals surface area contributed by atoms with Crippen LogP contribution in [0.5, 0.6) is 0 Å². The van der Waals surface area contributed by atoms with Crippen LogP contribution in [-0.4, -0.2) is 9.19 Å². The molecule has 0 amide bonds. The summed E-state index contributed by atoms with van der Waals surface area (Å²) in [6.45, 7) is 3.69. The molecule has 0 aliphatic carbocycles. The number of aryl methyl sites for hydroxylation is 2. The van der Waals surface area contributed by atoms with Crippen molar-refractivity contribution in [3.63, 3.8) is 0 Å². The minimum Gasteiger partial charge on any atom is -0.258 e. The summed E-state index contributed by atoms with van der Waals surface area (Å²) < 4.78 is 10.8. The highest BCUT2D eigenvalue weighted by Gasteiger charge is 2.01. The quantitative estimate of drug-likeness (QED) is 0.633. The number of nitrogens with zero attached hydrogens (tertiary/aromatic N) is 1. The molecule has 0 aliphatic heterocycles. The Morgan fingerprint density at radius 1 is 1.36 bits per heavy atom. The van der Waals surface area contributed by atoms with Gasteiger partial charge in [-0.05, 0) is 36.7 Å². The van der Waals surface area contributed by atoms with Gasteiger partial charge in [-0.25, -0.2) is 4.21 Å². The molecule has 1 aromatic rings. The first-order valence-corrected chi connectivity index (χ1v) is 5.10. The molecule has 1 heterocycles. The predicted octanol–water partition coefficient (Wildman–Crippen LogP) is 1.96. The maximum atomic E-state index is 10.8. The van der Waals surface area contributed by atoms with Gasteiger partial charge in [0.2, 0.25) is 0 Å². The standard InChI is InChI=1S/C7H8ClNOS/c1-5-3-7(11(8)10)4-6(2)9-5/h3-4H,1-2H3. The van der Waals surface area contributed by atoms with E-state index in [1.165, 1.54) is 0 Å². The van der Waals surface area contributed by atoms with E-state index in [0.717, 1.165) is 11.4 Å². The number of rotatable bonds is 1. The van der Waals surface area contributed by atoms with Crippen LogP contribution in [-0.2, 0) is 10.0 Å². The Morgan fingerprint density at radius 3 is 2.18 bits per heavy atom. The van der Waals surface area contributed by atoms with Gasteiger partial charge in [0, 0.05) is 11.4 Å². The van der Waals surface area contributed by atoms with Gasteiger partial charge in [0.25, 0.3) is 0 Å². The van der Waals surface area contributed by atoms with Crippen molar-refractivity contribution in [2.45, 2.75) is 18.7 Å². The molecule has 0 N–H and O–H groups in total. The van der Waals surface area contributed by atoms with Gasteiger partial charge in [0.05, 0.1) is 4.90 Å². The van der Waals surface area contributed by atoms with Crippen LogP contribution in [0.25, 0.3) is 0 Å². The Kier molecular flexibility index (Phi) is 2.62. The van der Waals surface area contributed by atoms with Crippen molar-refractivity contribution in [3.05, 3.63) is 23.5 Å². The van der Waals surface area contributed by atoms with Gasteiger partial charge in [-0.3, -0.25) is 4.98 Å². The molecule has 2 nitrogen and oxygen atoms in total. The molecular weight excluding hydrogens is 182 g/mol. The summed E-state index contributed by atoms with van der Waals surface area (Å²) in [6.07, 6.45) is 0. The van der Waals surface area contributed by atoms with E-state index in [1.54, 1.807) is 12.1 Å². The summed E-state index contributed by atoms with van der Waals surface area (Å²) in [7, 11) is 3.97. The Balaban J connectivity index is 3.19. The van der Waals surface area contributed by atoms with Crippen LogP contribution < -0.4 is 0 Å². The Labute approximate surface area is 72.6 Å². The lowest BCUT2D eigenvalue weighted by Gasteiger charge is -1.98. The van der Waals surface area contributed by atoms with Crippen LogP contribution in [0.3, 0.4) is 0 Å². The zero-order valence-corrected chi connectivity index (χ0v) is 7.87. The first kappa shape index (κ1) is 8.68. The van der Waals surface area contributed by atoms with E-state index in [-0.39, 0.29) is 0 Å². The highest BCUT2D eigenvalue weighted by atomic mass is 35.7. The first-order chi connectivity index (χ1) is 5.09. The average molecular weight is 190 g/mol. The fourth-order valence-electron chi connectivity index (χ4n) is 0.889. The van der Waals surface area contributed by atoms with Gasteiger partial charge in [0.15, 0.2) is 0 Å². The highest BCUT2D eigenvalue weighted by molar-refractivity contribution is 8.08. The van der Waals surface area contributed by atoms with Crippen molar-refractivity contribution in [1.82, 2.24) is 4.98 Å². The van der Waals surface area contributed by atoms with Crippen molar-refractivity contribution in [2.24, 2.45) is 0 Å². The molecule has 1 aromatic heterocycles. The van der Waals surface area contributed by atoms with Crippen LogP contribution in [0.15, 0.2) is 17.0 Å². The molecule has 0 spiro atoms. The van der Waals surface area contributed by atoms with Crippen molar-refractivity contribution >= 4 is 20.7 Å². The number of aromatic nitrogens is 1. The van der Waals surface area contributed by atoms with E-state index in [2.05, 4.69) is 4.98 Å². The minimum atomic E-state index is -1.42. The second-order valence-corrected chi connectivity index (χ2v) is 4.07. The highest BCUT2D eigenvalue weighted by Crippen LogP contribution is 2.11. The molecule has 0 bridgehead atoms. The smallest absolute Gasteiger partial charge is 0.147 e. The molecule has 1 rings (SSSR count). The Hall–Kier alpha value is -0.410. The molecule has 4 heteroatoms. The minimum absolute atomic E-state index is 0.622. The van der Waals surface area contributed by atoms with Crippen molar-refractivity contribution in [2.75, 3.05) is 0 Å². The van der Waals surface area contributed by atoms with Gasteiger partial charge in [-0.15, -0.1) is 0 Å². The van der Waals surface area contributed by atoms with Crippen LogP contribution >= 0.6 is 10.7 Å². The summed E-state index contributed by atoms with van der Waals surface area (Å²) in [4.78, 5) is 4.75. The number of pyridine rings is 1. The SMILES string of the molecule is Cc1cc(S(=O)Cl)cc(C)n1. The largest absolute Gasteiger partial charge is 0.258 e. The van der Waals surface area contributed by atoms with Crippen molar-refractivity contribution < 1.29 is 4.21 Å². The lowest BCUT2D eigenvalue weighted by Crippen LogP contribution is -1.89. The van der Waals surface area contributed by atoms with E-state index < -0.39 is 10.0 Å². The van der Waals surface area contributed by atoms with Gasteiger partial charge < -0.3 is 0 Å². The summed E-state index contributed by atoms with van der Waals surface area (Å²) >= 11 is 0. The third kappa shape index (κ3) is 2.27. The van der Waals surface area contributed by atoms with E-state index >= 15 is 0 Å². The average Bonchev–Trinajstić information content (AvgIpc) is 1.85. The van der Waals surface area contributed by atoms with Crippen LogP contribution in [0.1, 0.15) is 11.4 Å². The maximum absolute atomic E-state index is 10.8. The number of halogens is 1. The third-order valence-corrected chi connectivity index (χ3v) is 2.38. The van der Waals surface area contributed by atoms with E-state index in [9.17, 15) is 4.21 Å². The van der Waals surface area contributed by atoms with E-state index in [4.69, 9.17) is 10.7 Å². The normalized spacial score (nSPS) is 13.0. The van der Waals surface area contributed by atoms with Crippen LogP contribution in [0, 0.1) is 13.8 Å². The summed E-state index contributed by atoms with van der Waals surface area (Å²) in [5, 5.41) is 0. The monoisotopic (exact) mass is 189 g/mol. The van der Waals surface area contributed by atoms with Crippen molar-refractivity contribution in [3.8, 4) is 0 Å². The second-order valence-electron chi connectivity index (χ2n) is 2.31. The first-order valence-electron chi connectivity index (χ1n) is 3.13. The zero-order valence-electron chi connectivity index (χ0n) is 6.30. The van der Waals surface area contributed by atoms with Gasteiger partial charge >= 0.3 is 0 Å². The van der Waals surface area contributed by atoms with Crippen molar-refractivity contribution in [1.29, 1.82) is 0 Å². The molecule has 0 radical (unpaired) electrons. The lowest BCUT2D eigenvalue weighted by atomic mass is 10.3. The fraction of sp³-hybridized carbons (Fsp3) is 0.286. The maximum Gasteiger partial charge on any atom is 0.147 e. The molecule has 0 aromatic carbocycles. The summed E-state index contributed by atoms with van der Waals surface area (Å²) in [5.41, 5.74) is 1.68. The van der Waals surface area contributed by atoms with Crippen LogP contribution in [0.4, 0.5) is 0 Å². The fourth-order valence-corrected chi connectivity index (χ4v) is 1.68. The Bertz CT molecular complexity index is 280. The molecule has 11 heavy (non-hydrogen) atoms. The molecule has 0 saturated heterocycles. The lowest BCUT2D eigenvalue weighted by molar-refractivity contribution is 0.691. The number of hydrogen-bond acceptors (Lipinski definition) is 2. The third-order valence-electron chi connectivity index (χ3n) is 1.24. The molecule has 1 atom stereocenters. The van der Waals surface area contributed by atoms with E-state index in [0.29, 0.717) is 4.90 Å². The second kappa shape index (κ2) is 3.32. The molecule has 60 valence electrons. The summed E-state index contributed by atoms with van der Waals surface area (Å²) in [6, 6.07) is 3.44. The van der Waals surface area contributed by atoms with Gasteiger partial charge in [0.1, 0.15) is 10.0 Å². The molecular formula is C7H8ClNOS. The van der Waals surface area contributed by atoms with Crippen LogP contribution in [0.2, 0.25) is 0 Å². The predicted molar refractivity (Wildman–Crippen MR) is 46.0 cm³/mol.